The van der Waals surface area contributed by atoms with E-state index in [4.69, 9.17) is 27.9 Å². The third-order valence-electron chi connectivity index (χ3n) is 3.23. The monoisotopic (exact) mass is 380 g/mol. The van der Waals surface area contributed by atoms with Crippen LogP contribution >= 0.6 is 23.2 Å². The number of sulfonamides is 1. The number of rotatable bonds is 4. The van der Waals surface area contributed by atoms with Crippen LogP contribution in [-0.2, 0) is 14.8 Å². The average Bonchev–Trinajstić information content (AvgIpc) is 2.46. The first-order valence-corrected chi connectivity index (χ1v) is 9.34. The fourth-order valence-corrected chi connectivity index (χ4v) is 4.31. The smallest absolute Gasteiger partial charge is 0.255 e. The standard InChI is InChI=1S/C14H18Cl2N2O4S/c1-9(2)17-23(20,21)13-7-10(11(15)8-12(13)16)14(19)18-3-5-22-6-4-18/h7-9,17H,3-6H2,1-2H3. The number of halogens is 2. The summed E-state index contributed by atoms with van der Waals surface area (Å²) in [4.78, 5) is 14.0. The van der Waals surface area contributed by atoms with Crippen LogP contribution in [0.3, 0.4) is 0 Å². The van der Waals surface area contributed by atoms with Gasteiger partial charge in [0.2, 0.25) is 10.0 Å². The topological polar surface area (TPSA) is 75.7 Å². The number of hydrogen-bond donors (Lipinski definition) is 1. The van der Waals surface area contributed by atoms with Crippen LogP contribution in [-0.4, -0.2) is 51.6 Å². The molecule has 0 unspecified atom stereocenters. The van der Waals surface area contributed by atoms with Crippen LogP contribution in [0.5, 0.6) is 0 Å². The summed E-state index contributed by atoms with van der Waals surface area (Å²) < 4.78 is 32.3. The van der Waals surface area contributed by atoms with Gasteiger partial charge in [-0.1, -0.05) is 23.2 Å². The molecule has 0 bridgehead atoms. The van der Waals surface area contributed by atoms with E-state index in [0.29, 0.717) is 26.3 Å². The predicted molar refractivity (Wildman–Crippen MR) is 88.6 cm³/mol. The fraction of sp³-hybridized carbons (Fsp3) is 0.500. The Morgan fingerprint density at radius 1 is 1.22 bits per heavy atom. The summed E-state index contributed by atoms with van der Waals surface area (Å²) in [5, 5.41) is 0.0941. The number of carbonyl (C=O) groups excluding carboxylic acids is 1. The molecule has 128 valence electrons. The average molecular weight is 381 g/mol. The van der Waals surface area contributed by atoms with Crippen molar-refractivity contribution in [3.8, 4) is 0 Å². The van der Waals surface area contributed by atoms with Crippen LogP contribution in [0.15, 0.2) is 17.0 Å². The summed E-state index contributed by atoms with van der Waals surface area (Å²) >= 11 is 12.1. The Bertz CT molecular complexity index is 701. The number of nitrogens with one attached hydrogen (secondary N) is 1. The quantitative estimate of drug-likeness (QED) is 0.867. The Morgan fingerprint density at radius 3 is 2.39 bits per heavy atom. The largest absolute Gasteiger partial charge is 0.378 e. The van der Waals surface area contributed by atoms with E-state index < -0.39 is 10.0 Å². The number of carbonyl (C=O) groups is 1. The van der Waals surface area contributed by atoms with Gasteiger partial charge in [0.15, 0.2) is 0 Å². The van der Waals surface area contributed by atoms with Crippen molar-refractivity contribution in [3.05, 3.63) is 27.7 Å². The van der Waals surface area contributed by atoms with Gasteiger partial charge in [-0.2, -0.15) is 0 Å². The molecule has 0 radical (unpaired) electrons. The van der Waals surface area contributed by atoms with Gasteiger partial charge in [-0.25, -0.2) is 13.1 Å². The van der Waals surface area contributed by atoms with Gasteiger partial charge in [-0.15, -0.1) is 0 Å². The molecule has 0 spiro atoms. The minimum Gasteiger partial charge on any atom is -0.378 e. The Morgan fingerprint density at radius 2 is 1.83 bits per heavy atom. The third kappa shape index (κ3) is 4.36. The van der Waals surface area contributed by atoms with Crippen LogP contribution < -0.4 is 4.72 Å². The highest BCUT2D eigenvalue weighted by Crippen LogP contribution is 2.29. The van der Waals surface area contributed by atoms with Crippen LogP contribution in [0.4, 0.5) is 0 Å². The molecule has 1 aliphatic rings. The minimum absolute atomic E-state index is 0.0262. The van der Waals surface area contributed by atoms with Gasteiger partial charge >= 0.3 is 0 Å². The minimum atomic E-state index is -3.83. The predicted octanol–water partition coefficient (Wildman–Crippen LogP) is 2.15. The number of amides is 1. The van der Waals surface area contributed by atoms with Gasteiger partial charge < -0.3 is 9.64 Å². The van der Waals surface area contributed by atoms with E-state index in [-0.39, 0.29) is 32.5 Å². The second-order valence-electron chi connectivity index (χ2n) is 5.44. The highest BCUT2D eigenvalue weighted by molar-refractivity contribution is 7.89. The fourth-order valence-electron chi connectivity index (χ4n) is 2.21. The molecule has 0 aliphatic carbocycles. The summed E-state index contributed by atoms with van der Waals surface area (Å²) in [6, 6.07) is 2.21. The van der Waals surface area contributed by atoms with Crippen LogP contribution in [0.2, 0.25) is 10.0 Å². The lowest BCUT2D eigenvalue weighted by atomic mass is 10.2. The van der Waals surface area contributed by atoms with Gasteiger partial charge in [-0.3, -0.25) is 4.79 Å². The zero-order valence-electron chi connectivity index (χ0n) is 12.8. The van der Waals surface area contributed by atoms with Crippen molar-refractivity contribution in [2.75, 3.05) is 26.3 Å². The number of benzene rings is 1. The van der Waals surface area contributed by atoms with Crippen LogP contribution in [0, 0.1) is 0 Å². The highest BCUT2D eigenvalue weighted by atomic mass is 35.5. The maximum Gasteiger partial charge on any atom is 0.255 e. The van der Waals surface area contributed by atoms with Crippen molar-refractivity contribution in [3.63, 3.8) is 0 Å². The van der Waals surface area contributed by atoms with Crippen LogP contribution in [0.25, 0.3) is 0 Å². The Labute approximate surface area is 145 Å². The molecule has 1 heterocycles. The van der Waals surface area contributed by atoms with E-state index in [1.807, 2.05) is 0 Å². The lowest BCUT2D eigenvalue weighted by Gasteiger charge is -2.27. The Balaban J connectivity index is 2.41. The molecule has 1 aromatic rings. The first-order chi connectivity index (χ1) is 10.7. The third-order valence-corrected chi connectivity index (χ3v) is 5.67. The molecule has 1 fully saturated rings. The van der Waals surface area contributed by atoms with E-state index in [1.54, 1.807) is 18.7 Å². The van der Waals surface area contributed by atoms with E-state index >= 15 is 0 Å². The van der Waals surface area contributed by atoms with Gasteiger partial charge in [0, 0.05) is 19.1 Å². The zero-order chi connectivity index (χ0) is 17.2. The first-order valence-electron chi connectivity index (χ1n) is 7.11. The van der Waals surface area contributed by atoms with Crippen molar-refractivity contribution in [2.45, 2.75) is 24.8 Å². The molecule has 1 aliphatic heterocycles. The molecule has 1 N–H and O–H groups in total. The summed E-state index contributed by atoms with van der Waals surface area (Å²) in [5.74, 6) is -0.337. The van der Waals surface area contributed by atoms with Crippen molar-refractivity contribution < 1.29 is 17.9 Å². The molecular formula is C14H18Cl2N2O4S. The van der Waals surface area contributed by atoms with Crippen molar-refractivity contribution in [1.82, 2.24) is 9.62 Å². The summed E-state index contributed by atoms with van der Waals surface area (Å²) in [6.45, 7) is 5.14. The Kier molecular flexibility index (Phi) is 5.91. The van der Waals surface area contributed by atoms with Crippen molar-refractivity contribution in [2.24, 2.45) is 0 Å². The summed E-state index contributed by atoms with van der Waals surface area (Å²) in [7, 11) is -3.83. The van der Waals surface area contributed by atoms with Crippen molar-refractivity contribution in [1.29, 1.82) is 0 Å². The van der Waals surface area contributed by atoms with E-state index in [1.165, 1.54) is 12.1 Å². The SMILES string of the molecule is CC(C)NS(=O)(=O)c1cc(C(=O)N2CCOCC2)c(Cl)cc1Cl. The lowest BCUT2D eigenvalue weighted by Crippen LogP contribution is -2.41. The normalized spacial score (nSPS) is 16.0. The maximum absolute atomic E-state index is 12.6. The molecule has 2 rings (SSSR count). The second-order valence-corrected chi connectivity index (χ2v) is 7.94. The number of nitrogens with zero attached hydrogens (tertiary/aromatic N) is 1. The summed E-state index contributed by atoms with van der Waals surface area (Å²) in [6.07, 6.45) is 0. The van der Waals surface area contributed by atoms with E-state index in [2.05, 4.69) is 4.72 Å². The van der Waals surface area contributed by atoms with Gasteiger partial charge in [0.1, 0.15) is 4.90 Å². The van der Waals surface area contributed by atoms with Crippen LogP contribution in [0.1, 0.15) is 24.2 Å². The molecule has 0 aromatic heterocycles. The van der Waals surface area contributed by atoms with Gasteiger partial charge in [-0.05, 0) is 26.0 Å². The molecule has 0 saturated carbocycles. The van der Waals surface area contributed by atoms with Crippen molar-refractivity contribution >= 4 is 39.1 Å². The summed E-state index contributed by atoms with van der Waals surface area (Å²) in [5.41, 5.74) is 0.113. The van der Waals surface area contributed by atoms with Gasteiger partial charge in [0.05, 0.1) is 28.8 Å². The number of ether oxygens (including phenoxy) is 1. The van der Waals surface area contributed by atoms with E-state index in [9.17, 15) is 13.2 Å². The number of hydrogen-bond acceptors (Lipinski definition) is 4. The first kappa shape index (κ1) is 18.5. The zero-order valence-corrected chi connectivity index (χ0v) is 15.1. The molecule has 1 amide bonds. The molecule has 23 heavy (non-hydrogen) atoms. The lowest BCUT2D eigenvalue weighted by molar-refractivity contribution is 0.0303. The molecule has 1 saturated heterocycles. The maximum atomic E-state index is 12.6. The number of morpholine rings is 1. The van der Waals surface area contributed by atoms with E-state index in [0.717, 1.165) is 0 Å². The molecule has 0 atom stereocenters. The second kappa shape index (κ2) is 7.36. The molecule has 6 nitrogen and oxygen atoms in total. The highest BCUT2D eigenvalue weighted by Gasteiger charge is 2.26. The molecular weight excluding hydrogens is 363 g/mol. The van der Waals surface area contributed by atoms with Gasteiger partial charge in [0.25, 0.3) is 5.91 Å². The molecule has 1 aromatic carbocycles. The Hall–Kier alpha value is -0.860. The molecule has 9 heteroatoms.